The number of halogens is 1. The molecule has 0 unspecified atom stereocenters. The van der Waals surface area contributed by atoms with Gasteiger partial charge in [0.25, 0.3) is 0 Å². The molecule has 0 saturated carbocycles. The van der Waals surface area contributed by atoms with Crippen LogP contribution < -0.4 is 0 Å². The Labute approximate surface area is 174 Å². The molecule has 3 rings (SSSR count). The third-order valence-electron chi connectivity index (χ3n) is 4.67. The molecule has 9 heteroatoms. The van der Waals surface area contributed by atoms with E-state index in [0.29, 0.717) is 18.1 Å². The quantitative estimate of drug-likeness (QED) is 0.672. The topological polar surface area (TPSA) is 84.0 Å². The monoisotopic (exact) mass is 436 g/mol. The van der Waals surface area contributed by atoms with E-state index in [1.165, 1.54) is 35.5 Å². The maximum absolute atomic E-state index is 12.9. The first-order valence-corrected chi connectivity index (χ1v) is 10.9. The molecule has 2 aromatic carbocycles. The summed E-state index contributed by atoms with van der Waals surface area (Å²) in [5.41, 5.74) is 0.928. The summed E-state index contributed by atoms with van der Waals surface area (Å²) in [6.45, 7) is 2.64. The summed E-state index contributed by atoms with van der Waals surface area (Å²) in [5, 5.41) is 0.585. The lowest BCUT2D eigenvalue weighted by molar-refractivity contribution is -0.129. The molecular formula is C20H21ClN2O5S. The van der Waals surface area contributed by atoms with Crippen LogP contribution in [-0.2, 0) is 26.2 Å². The second kappa shape index (κ2) is 8.94. The van der Waals surface area contributed by atoms with Crippen LogP contribution in [0.4, 0.5) is 0 Å². The van der Waals surface area contributed by atoms with Crippen LogP contribution in [0.25, 0.3) is 0 Å². The number of nitrogens with zero attached hydrogens (tertiary/aromatic N) is 2. The second-order valence-corrected chi connectivity index (χ2v) is 9.01. The number of piperazine rings is 1. The van der Waals surface area contributed by atoms with Gasteiger partial charge in [0.1, 0.15) is 6.61 Å². The summed E-state index contributed by atoms with van der Waals surface area (Å²) < 4.78 is 32.4. The second-order valence-electron chi connectivity index (χ2n) is 6.64. The van der Waals surface area contributed by atoms with Gasteiger partial charge in [0, 0.05) is 38.1 Å². The molecule has 0 aromatic heterocycles. The van der Waals surface area contributed by atoms with Gasteiger partial charge in [-0.15, -0.1) is 0 Å². The highest BCUT2D eigenvalue weighted by molar-refractivity contribution is 7.89. The minimum atomic E-state index is -3.77. The van der Waals surface area contributed by atoms with Crippen molar-refractivity contribution < 1.29 is 22.7 Å². The number of amides is 1. The van der Waals surface area contributed by atoms with E-state index in [1.54, 1.807) is 29.2 Å². The van der Waals surface area contributed by atoms with Crippen LogP contribution in [0.1, 0.15) is 22.8 Å². The first kappa shape index (κ1) is 21.3. The Hall–Kier alpha value is -2.42. The molecule has 7 nitrogen and oxygen atoms in total. The zero-order valence-corrected chi connectivity index (χ0v) is 17.4. The van der Waals surface area contributed by atoms with Gasteiger partial charge in [-0.05, 0) is 35.9 Å². The van der Waals surface area contributed by atoms with Crippen molar-refractivity contribution >= 4 is 33.5 Å². The van der Waals surface area contributed by atoms with Crippen molar-refractivity contribution in [3.8, 4) is 0 Å². The maximum Gasteiger partial charge on any atom is 0.338 e. The number of rotatable bonds is 5. The molecule has 154 valence electrons. The number of carbonyl (C=O) groups is 2. The number of hydrogen-bond donors (Lipinski definition) is 0. The lowest BCUT2D eigenvalue weighted by atomic mass is 10.2. The van der Waals surface area contributed by atoms with Gasteiger partial charge in [-0.3, -0.25) is 4.79 Å². The van der Waals surface area contributed by atoms with Crippen molar-refractivity contribution in [3.63, 3.8) is 0 Å². The van der Waals surface area contributed by atoms with E-state index in [0.717, 1.165) is 5.56 Å². The van der Waals surface area contributed by atoms with E-state index in [9.17, 15) is 18.0 Å². The van der Waals surface area contributed by atoms with Crippen molar-refractivity contribution in [2.45, 2.75) is 18.4 Å². The van der Waals surface area contributed by atoms with Gasteiger partial charge in [0.2, 0.25) is 15.9 Å². The summed E-state index contributed by atoms with van der Waals surface area (Å²) in [5.74, 6) is -0.689. The SMILES string of the molecule is CC(=O)N1CCN(S(=O)(=O)c2cccc(C(=O)OCc3ccc(Cl)cc3)c2)CC1. The highest BCUT2D eigenvalue weighted by atomic mass is 35.5. The van der Waals surface area contributed by atoms with Gasteiger partial charge in [-0.2, -0.15) is 4.31 Å². The highest BCUT2D eigenvalue weighted by Crippen LogP contribution is 2.20. The molecule has 1 aliphatic rings. The van der Waals surface area contributed by atoms with E-state index < -0.39 is 16.0 Å². The minimum Gasteiger partial charge on any atom is -0.457 e. The van der Waals surface area contributed by atoms with E-state index in [2.05, 4.69) is 0 Å². The smallest absolute Gasteiger partial charge is 0.338 e. The van der Waals surface area contributed by atoms with Crippen LogP contribution in [0.3, 0.4) is 0 Å². The Kier molecular flexibility index (Phi) is 6.56. The Morgan fingerprint density at radius 1 is 1.03 bits per heavy atom. The van der Waals surface area contributed by atoms with Crippen LogP contribution in [0, 0.1) is 0 Å². The Balaban J connectivity index is 1.68. The molecule has 0 spiro atoms. The number of benzene rings is 2. The van der Waals surface area contributed by atoms with Crippen LogP contribution in [0.15, 0.2) is 53.4 Å². The van der Waals surface area contributed by atoms with E-state index in [4.69, 9.17) is 16.3 Å². The molecule has 1 fully saturated rings. The Bertz CT molecular complexity index is 1000. The molecule has 1 aliphatic heterocycles. The van der Waals surface area contributed by atoms with E-state index in [1.807, 2.05) is 0 Å². The minimum absolute atomic E-state index is 0.0229. The summed E-state index contributed by atoms with van der Waals surface area (Å²) in [6.07, 6.45) is 0. The summed E-state index contributed by atoms with van der Waals surface area (Å²) in [4.78, 5) is 25.4. The van der Waals surface area contributed by atoms with Crippen molar-refractivity contribution in [3.05, 3.63) is 64.7 Å². The standard InChI is InChI=1S/C20H21ClN2O5S/c1-15(24)22-9-11-23(12-10-22)29(26,27)19-4-2-3-17(13-19)20(25)28-14-16-5-7-18(21)8-6-16/h2-8,13H,9-12,14H2,1H3. The fraction of sp³-hybridized carbons (Fsp3) is 0.300. The third-order valence-corrected chi connectivity index (χ3v) is 6.82. The number of esters is 1. The van der Waals surface area contributed by atoms with Crippen LogP contribution in [0.5, 0.6) is 0 Å². The zero-order chi connectivity index (χ0) is 21.0. The van der Waals surface area contributed by atoms with Crippen LogP contribution in [0.2, 0.25) is 5.02 Å². The average Bonchev–Trinajstić information content (AvgIpc) is 2.73. The average molecular weight is 437 g/mol. The van der Waals surface area contributed by atoms with Gasteiger partial charge in [0.05, 0.1) is 10.5 Å². The molecule has 1 heterocycles. The largest absolute Gasteiger partial charge is 0.457 e. The summed E-state index contributed by atoms with van der Waals surface area (Å²) in [7, 11) is -3.77. The lowest BCUT2D eigenvalue weighted by Crippen LogP contribution is -2.49. The molecule has 29 heavy (non-hydrogen) atoms. The van der Waals surface area contributed by atoms with Crippen LogP contribution >= 0.6 is 11.6 Å². The molecule has 0 aliphatic carbocycles. The normalized spacial score (nSPS) is 15.2. The highest BCUT2D eigenvalue weighted by Gasteiger charge is 2.29. The van der Waals surface area contributed by atoms with Gasteiger partial charge >= 0.3 is 5.97 Å². The summed E-state index contributed by atoms with van der Waals surface area (Å²) >= 11 is 5.83. The maximum atomic E-state index is 12.9. The fourth-order valence-corrected chi connectivity index (χ4v) is 4.58. The summed E-state index contributed by atoms with van der Waals surface area (Å²) in [6, 6.07) is 12.7. The molecule has 1 amide bonds. The molecular weight excluding hydrogens is 416 g/mol. The van der Waals surface area contributed by atoms with Gasteiger partial charge < -0.3 is 9.64 Å². The first-order chi connectivity index (χ1) is 13.8. The third kappa shape index (κ3) is 5.14. The van der Waals surface area contributed by atoms with E-state index in [-0.39, 0.29) is 36.1 Å². The Morgan fingerprint density at radius 2 is 1.69 bits per heavy atom. The predicted molar refractivity (Wildman–Crippen MR) is 108 cm³/mol. The number of ether oxygens (including phenoxy) is 1. The Morgan fingerprint density at radius 3 is 2.31 bits per heavy atom. The van der Waals surface area contributed by atoms with Crippen LogP contribution in [-0.4, -0.2) is 55.7 Å². The van der Waals surface area contributed by atoms with Crippen molar-refractivity contribution in [1.82, 2.24) is 9.21 Å². The molecule has 1 saturated heterocycles. The van der Waals surface area contributed by atoms with Gasteiger partial charge in [0.15, 0.2) is 0 Å². The predicted octanol–water partition coefficient (Wildman–Crippen LogP) is 2.55. The molecule has 0 bridgehead atoms. The molecule has 0 atom stereocenters. The molecule has 2 aromatic rings. The number of carbonyl (C=O) groups excluding carboxylic acids is 2. The van der Waals surface area contributed by atoms with Gasteiger partial charge in [-0.1, -0.05) is 29.8 Å². The molecule has 0 N–H and O–H groups in total. The fourth-order valence-electron chi connectivity index (χ4n) is 2.99. The lowest BCUT2D eigenvalue weighted by Gasteiger charge is -2.33. The van der Waals surface area contributed by atoms with Crippen molar-refractivity contribution in [1.29, 1.82) is 0 Å². The number of sulfonamides is 1. The van der Waals surface area contributed by atoms with Gasteiger partial charge in [-0.25, -0.2) is 13.2 Å². The first-order valence-electron chi connectivity index (χ1n) is 9.04. The molecule has 0 radical (unpaired) electrons. The zero-order valence-electron chi connectivity index (χ0n) is 15.9. The van der Waals surface area contributed by atoms with Crippen molar-refractivity contribution in [2.75, 3.05) is 26.2 Å². The number of hydrogen-bond acceptors (Lipinski definition) is 5. The van der Waals surface area contributed by atoms with E-state index >= 15 is 0 Å². The van der Waals surface area contributed by atoms with Crippen molar-refractivity contribution in [2.24, 2.45) is 0 Å².